The molecule has 0 amide bonds. The number of methoxy groups -OCH3 is 3. The highest BCUT2D eigenvalue weighted by molar-refractivity contribution is 5.87. The number of rotatable bonds is 13. The number of hydrogen-bond donors (Lipinski definition) is 3. The molecule has 0 aliphatic carbocycles. The van der Waals surface area contributed by atoms with E-state index in [2.05, 4.69) is 0 Å². The van der Waals surface area contributed by atoms with Crippen LogP contribution in [0.5, 0.6) is 40.2 Å². The molecule has 1 aliphatic heterocycles. The molecule has 0 aromatic heterocycles. The third kappa shape index (κ3) is 8.56. The molecule has 2 atom stereocenters. The average molecular weight is 681 g/mol. The number of hydrogen-bond acceptors (Lipinski definition) is 11. The molecule has 0 radical (unpaired) electrons. The van der Waals surface area contributed by atoms with Crippen LogP contribution in [-0.4, -0.2) is 61.8 Å². The lowest BCUT2D eigenvalue weighted by Gasteiger charge is -2.20. The van der Waals surface area contributed by atoms with Crippen LogP contribution in [0, 0.1) is 0 Å². The van der Waals surface area contributed by atoms with E-state index in [1.54, 1.807) is 66.8 Å². The van der Waals surface area contributed by atoms with Gasteiger partial charge in [-0.2, -0.15) is 0 Å². The van der Waals surface area contributed by atoms with Crippen molar-refractivity contribution in [3.05, 3.63) is 119 Å². The van der Waals surface area contributed by atoms with Crippen molar-refractivity contribution in [3.63, 3.8) is 0 Å². The molecule has 11 heteroatoms. The summed E-state index contributed by atoms with van der Waals surface area (Å²) >= 11 is 0. The second-order valence-electron chi connectivity index (χ2n) is 11.1. The van der Waals surface area contributed by atoms with Gasteiger partial charge in [0, 0.05) is 17.7 Å². The van der Waals surface area contributed by atoms with Gasteiger partial charge in [0.15, 0.2) is 34.5 Å². The Labute approximate surface area is 288 Å². The van der Waals surface area contributed by atoms with Gasteiger partial charge in [-0.1, -0.05) is 30.3 Å². The molecular formula is C39H36O11. The zero-order chi connectivity index (χ0) is 35.6. The highest BCUT2D eigenvalue weighted by atomic mass is 16.5. The van der Waals surface area contributed by atoms with E-state index in [1.807, 2.05) is 6.07 Å². The predicted octanol–water partition coefficient (Wildman–Crippen LogP) is 6.57. The largest absolute Gasteiger partial charge is 0.508 e. The second-order valence-corrected chi connectivity index (χ2v) is 11.1. The van der Waals surface area contributed by atoms with Crippen LogP contribution in [0.3, 0.4) is 0 Å². The first-order chi connectivity index (χ1) is 24.2. The molecule has 1 heterocycles. The first kappa shape index (κ1) is 35.0. The lowest BCUT2D eigenvalue weighted by molar-refractivity contribution is -0.139. The van der Waals surface area contributed by atoms with Gasteiger partial charge in [0.25, 0.3) is 0 Å². The molecule has 5 rings (SSSR count). The molecule has 3 N–H and O–H groups in total. The van der Waals surface area contributed by atoms with Gasteiger partial charge in [0.2, 0.25) is 0 Å². The van der Waals surface area contributed by atoms with E-state index in [-0.39, 0.29) is 42.0 Å². The van der Waals surface area contributed by atoms with Crippen molar-refractivity contribution in [1.82, 2.24) is 0 Å². The minimum atomic E-state index is -0.632. The molecule has 1 aliphatic rings. The number of aromatic hydroxyl groups is 3. The summed E-state index contributed by atoms with van der Waals surface area (Å²) in [7, 11) is 4.40. The van der Waals surface area contributed by atoms with Crippen LogP contribution in [0.25, 0.3) is 18.2 Å². The SMILES string of the molecule is COc1cc(/C=C/C(=O)OCC2c3cc(/C=C/COC(=O)/C=C/c4ccc(O)cc4)cc(OC)c3OC2c2ccc(O)c(OC)c2)ccc1O. The van der Waals surface area contributed by atoms with Crippen LogP contribution < -0.4 is 18.9 Å². The van der Waals surface area contributed by atoms with Crippen molar-refractivity contribution < 1.29 is 53.3 Å². The lowest BCUT2D eigenvalue weighted by Crippen LogP contribution is -2.17. The highest BCUT2D eigenvalue weighted by Crippen LogP contribution is 2.52. The third-order valence-corrected chi connectivity index (χ3v) is 7.83. The quantitative estimate of drug-likeness (QED) is 0.104. The van der Waals surface area contributed by atoms with Crippen LogP contribution in [0.4, 0.5) is 0 Å². The fraction of sp³-hybridized carbons (Fsp3) is 0.179. The molecule has 0 fully saturated rings. The maximum atomic E-state index is 12.9. The van der Waals surface area contributed by atoms with Crippen molar-refractivity contribution in [3.8, 4) is 40.2 Å². The predicted molar refractivity (Wildman–Crippen MR) is 186 cm³/mol. The number of esters is 2. The maximum absolute atomic E-state index is 12.9. The minimum Gasteiger partial charge on any atom is -0.508 e. The van der Waals surface area contributed by atoms with E-state index < -0.39 is 24.0 Å². The summed E-state index contributed by atoms with van der Waals surface area (Å²) < 4.78 is 33.6. The van der Waals surface area contributed by atoms with Crippen LogP contribution in [0.1, 0.15) is 39.8 Å². The second kappa shape index (κ2) is 16.2. The van der Waals surface area contributed by atoms with E-state index in [9.17, 15) is 24.9 Å². The monoisotopic (exact) mass is 680 g/mol. The van der Waals surface area contributed by atoms with Crippen molar-refractivity contribution >= 4 is 30.2 Å². The van der Waals surface area contributed by atoms with Gasteiger partial charge >= 0.3 is 11.9 Å². The van der Waals surface area contributed by atoms with Gasteiger partial charge in [0.1, 0.15) is 25.1 Å². The Kier molecular flexibility index (Phi) is 11.3. The van der Waals surface area contributed by atoms with Crippen LogP contribution in [0.2, 0.25) is 0 Å². The molecule has 4 aromatic carbocycles. The van der Waals surface area contributed by atoms with Crippen LogP contribution in [-0.2, 0) is 19.1 Å². The summed E-state index contributed by atoms with van der Waals surface area (Å²) in [5.41, 5.74) is 3.48. The summed E-state index contributed by atoms with van der Waals surface area (Å²) in [6, 6.07) is 19.6. The number of phenols is 3. The molecule has 0 saturated carbocycles. The van der Waals surface area contributed by atoms with Crippen molar-refractivity contribution in [2.24, 2.45) is 0 Å². The summed E-state index contributed by atoms with van der Waals surface area (Å²) in [4.78, 5) is 25.1. The van der Waals surface area contributed by atoms with Gasteiger partial charge in [-0.15, -0.1) is 0 Å². The number of carbonyl (C=O) groups is 2. The van der Waals surface area contributed by atoms with E-state index in [0.29, 0.717) is 22.6 Å². The molecule has 4 aromatic rings. The Morgan fingerprint density at radius 3 is 1.98 bits per heavy atom. The molecular weight excluding hydrogens is 644 g/mol. The van der Waals surface area contributed by atoms with Gasteiger partial charge < -0.3 is 43.7 Å². The first-order valence-electron chi connectivity index (χ1n) is 15.5. The summed E-state index contributed by atoms with van der Waals surface area (Å²) in [6.45, 7) is -0.0604. The van der Waals surface area contributed by atoms with Gasteiger partial charge in [0.05, 0.1) is 27.2 Å². The van der Waals surface area contributed by atoms with Gasteiger partial charge in [-0.05, 0) is 89.0 Å². The molecule has 0 spiro atoms. The smallest absolute Gasteiger partial charge is 0.331 e. The van der Waals surface area contributed by atoms with E-state index in [0.717, 1.165) is 16.7 Å². The van der Waals surface area contributed by atoms with Gasteiger partial charge in [-0.25, -0.2) is 9.59 Å². The van der Waals surface area contributed by atoms with E-state index in [1.165, 1.54) is 57.7 Å². The Morgan fingerprint density at radius 1 is 0.680 bits per heavy atom. The number of benzene rings is 4. The average Bonchev–Trinajstić information content (AvgIpc) is 3.50. The Morgan fingerprint density at radius 2 is 1.28 bits per heavy atom. The molecule has 0 bridgehead atoms. The molecule has 0 saturated heterocycles. The Bertz CT molecular complexity index is 1930. The summed E-state index contributed by atoms with van der Waals surface area (Å²) in [6.07, 6.45) is 8.54. The zero-order valence-corrected chi connectivity index (χ0v) is 27.6. The summed E-state index contributed by atoms with van der Waals surface area (Å²) in [5.74, 6) is -0.0977. The lowest BCUT2D eigenvalue weighted by atomic mass is 9.90. The van der Waals surface area contributed by atoms with Crippen molar-refractivity contribution in [2.45, 2.75) is 12.0 Å². The maximum Gasteiger partial charge on any atom is 0.331 e. The zero-order valence-electron chi connectivity index (χ0n) is 27.6. The van der Waals surface area contributed by atoms with Crippen LogP contribution in [0.15, 0.2) is 91.0 Å². The topological polar surface area (TPSA) is 150 Å². The van der Waals surface area contributed by atoms with Crippen LogP contribution >= 0.6 is 0 Å². The first-order valence-corrected chi connectivity index (χ1v) is 15.5. The Hall–Kier alpha value is -6.36. The third-order valence-electron chi connectivity index (χ3n) is 7.83. The molecule has 258 valence electrons. The molecule has 50 heavy (non-hydrogen) atoms. The van der Waals surface area contributed by atoms with E-state index in [4.69, 9.17) is 28.4 Å². The fourth-order valence-corrected chi connectivity index (χ4v) is 5.31. The highest BCUT2D eigenvalue weighted by Gasteiger charge is 2.39. The normalized spacial score (nSPS) is 15.2. The van der Waals surface area contributed by atoms with E-state index >= 15 is 0 Å². The van der Waals surface area contributed by atoms with Crippen molar-refractivity contribution in [1.29, 1.82) is 0 Å². The van der Waals surface area contributed by atoms with Crippen molar-refractivity contribution in [2.75, 3.05) is 34.5 Å². The number of fused-ring (bicyclic) bond motifs is 1. The number of phenolic OH excluding ortho intramolecular Hbond substituents is 3. The van der Waals surface area contributed by atoms with Gasteiger partial charge in [-0.3, -0.25) is 0 Å². The standard InChI is InChI=1S/C39H36O11/c1-45-33-20-25(8-14-31(33)41)10-17-37(44)49-23-30-29-19-26(5-4-18-48-36(43)16-9-24-6-12-28(40)13-7-24)21-35(47-3)39(29)50-38(30)27-11-15-32(42)34(22-27)46-2/h4-17,19-22,30,38,40-42H,18,23H2,1-3H3/b5-4+,16-9+,17-10+. The number of ether oxygens (including phenoxy) is 6. The Balaban J connectivity index is 1.34. The molecule has 2 unspecified atom stereocenters. The number of carbonyl (C=O) groups excluding carboxylic acids is 2. The minimum absolute atomic E-state index is 0.00482. The fourth-order valence-electron chi connectivity index (χ4n) is 5.31. The summed E-state index contributed by atoms with van der Waals surface area (Å²) in [5, 5.41) is 29.5. The molecule has 11 nitrogen and oxygen atoms in total.